The van der Waals surface area contributed by atoms with Gasteiger partial charge in [0.2, 0.25) is 0 Å². The summed E-state index contributed by atoms with van der Waals surface area (Å²) in [7, 11) is 1.99. The van der Waals surface area contributed by atoms with Crippen LogP contribution >= 0.6 is 15.9 Å². The van der Waals surface area contributed by atoms with Crippen LogP contribution in [0.1, 0.15) is 35.2 Å². The van der Waals surface area contributed by atoms with Crippen LogP contribution in [0.5, 0.6) is 5.75 Å². The zero-order valence-corrected chi connectivity index (χ0v) is 14.6. The molecule has 2 nitrogen and oxygen atoms in total. The highest BCUT2D eigenvalue weighted by molar-refractivity contribution is 9.10. The van der Waals surface area contributed by atoms with E-state index < -0.39 is 0 Å². The molecule has 0 saturated carbocycles. The average molecular weight is 348 g/mol. The van der Waals surface area contributed by atoms with Crippen molar-refractivity contribution in [3.8, 4) is 5.75 Å². The highest BCUT2D eigenvalue weighted by Gasteiger charge is 2.14. The van der Waals surface area contributed by atoms with Crippen LogP contribution in [0.4, 0.5) is 0 Å². The Balaban J connectivity index is 2.36. The third-order valence-electron chi connectivity index (χ3n) is 3.74. The molecule has 0 heterocycles. The van der Waals surface area contributed by atoms with Crippen molar-refractivity contribution in [2.24, 2.45) is 0 Å². The fourth-order valence-corrected chi connectivity index (χ4v) is 2.95. The standard InChI is InChI=1S/C18H22BrNO/c1-5-21-17-9-8-15(11-16(17)19)18(20-4)14-7-6-12(2)13(3)10-14/h6-11,18,20H,5H2,1-4H3. The van der Waals surface area contributed by atoms with Gasteiger partial charge in [-0.3, -0.25) is 0 Å². The fraction of sp³-hybridized carbons (Fsp3) is 0.333. The van der Waals surface area contributed by atoms with E-state index in [-0.39, 0.29) is 6.04 Å². The number of hydrogen-bond donors (Lipinski definition) is 1. The lowest BCUT2D eigenvalue weighted by Gasteiger charge is -2.19. The number of nitrogens with one attached hydrogen (secondary N) is 1. The van der Waals surface area contributed by atoms with Gasteiger partial charge in [-0.25, -0.2) is 0 Å². The molecular formula is C18H22BrNO. The second kappa shape index (κ2) is 7.10. The molecule has 0 aliphatic carbocycles. The number of hydrogen-bond acceptors (Lipinski definition) is 2. The molecule has 0 fully saturated rings. The molecule has 0 aromatic heterocycles. The van der Waals surface area contributed by atoms with Crippen LogP contribution < -0.4 is 10.1 Å². The maximum atomic E-state index is 5.58. The smallest absolute Gasteiger partial charge is 0.133 e. The van der Waals surface area contributed by atoms with Crippen LogP contribution in [-0.4, -0.2) is 13.7 Å². The normalized spacial score (nSPS) is 12.2. The molecule has 2 rings (SSSR count). The van der Waals surface area contributed by atoms with Crippen molar-refractivity contribution in [2.45, 2.75) is 26.8 Å². The summed E-state index contributed by atoms with van der Waals surface area (Å²) in [4.78, 5) is 0. The van der Waals surface area contributed by atoms with Gasteiger partial charge in [0.1, 0.15) is 5.75 Å². The van der Waals surface area contributed by atoms with E-state index >= 15 is 0 Å². The Bertz CT molecular complexity index is 625. The maximum absolute atomic E-state index is 5.58. The largest absolute Gasteiger partial charge is 0.493 e. The minimum absolute atomic E-state index is 0.177. The zero-order chi connectivity index (χ0) is 15.4. The van der Waals surface area contributed by atoms with Gasteiger partial charge in [-0.2, -0.15) is 0 Å². The molecule has 0 bridgehead atoms. The predicted octanol–water partition coefficient (Wildman–Crippen LogP) is 4.77. The van der Waals surface area contributed by atoms with Gasteiger partial charge in [-0.15, -0.1) is 0 Å². The van der Waals surface area contributed by atoms with Crippen molar-refractivity contribution in [1.29, 1.82) is 0 Å². The highest BCUT2D eigenvalue weighted by Crippen LogP contribution is 2.31. The molecule has 0 aliphatic heterocycles. The number of aryl methyl sites for hydroxylation is 2. The minimum atomic E-state index is 0.177. The van der Waals surface area contributed by atoms with Gasteiger partial charge in [-0.05, 0) is 78.1 Å². The minimum Gasteiger partial charge on any atom is -0.493 e. The van der Waals surface area contributed by atoms with Gasteiger partial charge in [0.05, 0.1) is 17.1 Å². The summed E-state index contributed by atoms with van der Waals surface area (Å²) in [5.41, 5.74) is 5.13. The summed E-state index contributed by atoms with van der Waals surface area (Å²) >= 11 is 3.59. The highest BCUT2D eigenvalue weighted by atomic mass is 79.9. The maximum Gasteiger partial charge on any atom is 0.133 e. The van der Waals surface area contributed by atoms with Gasteiger partial charge < -0.3 is 10.1 Å². The Hall–Kier alpha value is -1.32. The van der Waals surface area contributed by atoms with E-state index in [1.165, 1.54) is 22.3 Å². The van der Waals surface area contributed by atoms with Gasteiger partial charge in [0.15, 0.2) is 0 Å². The second-order valence-corrected chi connectivity index (χ2v) is 6.04. The first-order chi connectivity index (χ1) is 10.1. The lowest BCUT2D eigenvalue weighted by molar-refractivity contribution is 0.338. The molecule has 1 unspecified atom stereocenters. The summed E-state index contributed by atoms with van der Waals surface area (Å²) < 4.78 is 6.57. The van der Waals surface area contributed by atoms with E-state index in [0.29, 0.717) is 6.61 Å². The van der Waals surface area contributed by atoms with E-state index in [1.54, 1.807) is 0 Å². The molecule has 0 radical (unpaired) electrons. The first-order valence-corrected chi connectivity index (χ1v) is 8.02. The summed E-state index contributed by atoms with van der Waals surface area (Å²) in [5.74, 6) is 0.885. The number of rotatable bonds is 5. The molecule has 0 spiro atoms. The lowest BCUT2D eigenvalue weighted by atomic mass is 9.96. The Kier molecular flexibility index (Phi) is 5.43. The van der Waals surface area contributed by atoms with Crippen molar-refractivity contribution in [3.63, 3.8) is 0 Å². The van der Waals surface area contributed by atoms with Crippen LogP contribution in [0.15, 0.2) is 40.9 Å². The Morgan fingerprint density at radius 3 is 2.29 bits per heavy atom. The van der Waals surface area contributed by atoms with E-state index in [4.69, 9.17) is 4.74 Å². The van der Waals surface area contributed by atoms with Crippen molar-refractivity contribution in [2.75, 3.05) is 13.7 Å². The third kappa shape index (κ3) is 3.66. The van der Waals surface area contributed by atoms with Gasteiger partial charge in [0.25, 0.3) is 0 Å². The van der Waals surface area contributed by atoms with E-state index in [1.807, 2.05) is 20.0 Å². The quantitative estimate of drug-likeness (QED) is 0.840. The van der Waals surface area contributed by atoms with E-state index in [2.05, 4.69) is 65.4 Å². The Morgan fingerprint density at radius 2 is 1.71 bits per heavy atom. The van der Waals surface area contributed by atoms with Crippen molar-refractivity contribution < 1.29 is 4.74 Å². The topological polar surface area (TPSA) is 21.3 Å². The molecule has 2 aromatic carbocycles. The molecule has 0 amide bonds. The first kappa shape index (κ1) is 16.1. The molecule has 1 N–H and O–H groups in total. The van der Waals surface area contributed by atoms with E-state index in [0.717, 1.165) is 10.2 Å². The SMILES string of the molecule is CCOc1ccc(C(NC)c2ccc(C)c(C)c2)cc1Br. The number of halogens is 1. The molecule has 0 aliphatic rings. The summed E-state index contributed by atoms with van der Waals surface area (Å²) in [6.07, 6.45) is 0. The van der Waals surface area contributed by atoms with Crippen LogP contribution in [0.25, 0.3) is 0 Å². The Morgan fingerprint density at radius 1 is 1.05 bits per heavy atom. The Labute approximate surface area is 135 Å². The van der Waals surface area contributed by atoms with Crippen molar-refractivity contribution in [3.05, 3.63) is 63.1 Å². The molecule has 112 valence electrons. The van der Waals surface area contributed by atoms with Crippen molar-refractivity contribution in [1.82, 2.24) is 5.32 Å². The predicted molar refractivity (Wildman–Crippen MR) is 92.1 cm³/mol. The lowest BCUT2D eigenvalue weighted by Crippen LogP contribution is -2.18. The zero-order valence-electron chi connectivity index (χ0n) is 13.0. The number of ether oxygens (including phenoxy) is 1. The van der Waals surface area contributed by atoms with Crippen LogP contribution in [0, 0.1) is 13.8 Å². The van der Waals surface area contributed by atoms with Crippen LogP contribution in [0.2, 0.25) is 0 Å². The number of benzene rings is 2. The average Bonchev–Trinajstić information content (AvgIpc) is 2.46. The second-order valence-electron chi connectivity index (χ2n) is 5.19. The van der Waals surface area contributed by atoms with Crippen molar-refractivity contribution >= 4 is 15.9 Å². The molecule has 2 aromatic rings. The van der Waals surface area contributed by atoms with Crippen LogP contribution in [-0.2, 0) is 0 Å². The molecule has 3 heteroatoms. The monoisotopic (exact) mass is 347 g/mol. The summed E-state index contributed by atoms with van der Waals surface area (Å²) in [6.45, 7) is 6.96. The summed E-state index contributed by atoms with van der Waals surface area (Å²) in [6, 6.07) is 13.1. The third-order valence-corrected chi connectivity index (χ3v) is 4.36. The first-order valence-electron chi connectivity index (χ1n) is 7.23. The van der Waals surface area contributed by atoms with Gasteiger partial charge in [-0.1, -0.05) is 24.3 Å². The van der Waals surface area contributed by atoms with E-state index in [9.17, 15) is 0 Å². The molecule has 1 atom stereocenters. The van der Waals surface area contributed by atoms with Gasteiger partial charge in [0, 0.05) is 0 Å². The molecule has 21 heavy (non-hydrogen) atoms. The molecular weight excluding hydrogens is 326 g/mol. The van der Waals surface area contributed by atoms with Gasteiger partial charge >= 0.3 is 0 Å². The molecule has 0 saturated heterocycles. The fourth-order valence-electron chi connectivity index (χ4n) is 2.44. The summed E-state index contributed by atoms with van der Waals surface area (Å²) in [5, 5.41) is 3.40. The van der Waals surface area contributed by atoms with Crippen LogP contribution in [0.3, 0.4) is 0 Å².